The molecule has 0 saturated heterocycles. The van der Waals surface area contributed by atoms with Gasteiger partial charge >= 0.3 is 0 Å². The summed E-state index contributed by atoms with van der Waals surface area (Å²) in [5.74, 6) is 2.33. The lowest BCUT2D eigenvalue weighted by Gasteiger charge is -2.33. The Morgan fingerprint density at radius 2 is 1.55 bits per heavy atom. The molecule has 1 aliphatic carbocycles. The fraction of sp³-hybridized carbons (Fsp3) is 0.250. The van der Waals surface area contributed by atoms with Crippen LogP contribution in [0.5, 0.6) is 17.2 Å². The van der Waals surface area contributed by atoms with Gasteiger partial charge in [0.25, 0.3) is 0 Å². The number of aliphatic hydroxyl groups excluding tert-OH is 1. The molecule has 5 heteroatoms. The van der Waals surface area contributed by atoms with Crippen molar-refractivity contribution >= 4 is 12.4 Å². The second kappa shape index (κ2) is 9.31. The predicted octanol–water partition coefficient (Wildman–Crippen LogP) is 4.66. The molecular weight excluding hydrogens is 386 g/mol. The number of nitrogens with two attached hydrogens (primary N) is 1. The van der Waals surface area contributed by atoms with E-state index in [0.717, 1.165) is 41.2 Å². The Labute approximate surface area is 177 Å². The van der Waals surface area contributed by atoms with Gasteiger partial charge in [-0.1, -0.05) is 36.4 Å². The summed E-state index contributed by atoms with van der Waals surface area (Å²) in [6, 6.07) is 23.8. The minimum absolute atomic E-state index is 0. The third-order valence-corrected chi connectivity index (χ3v) is 5.24. The Hall–Kier alpha value is -2.53. The summed E-state index contributed by atoms with van der Waals surface area (Å²) < 4.78 is 11.8. The maximum Gasteiger partial charge on any atom is 0.127 e. The molecule has 1 atom stereocenters. The Bertz CT molecular complexity index is 931. The van der Waals surface area contributed by atoms with Crippen LogP contribution < -0.4 is 15.2 Å². The molecule has 1 aliphatic rings. The Morgan fingerprint density at radius 3 is 2.28 bits per heavy atom. The summed E-state index contributed by atoms with van der Waals surface area (Å²) in [5, 5.41) is 9.55. The van der Waals surface area contributed by atoms with Gasteiger partial charge in [-0.25, -0.2) is 0 Å². The molecule has 29 heavy (non-hydrogen) atoms. The molecular formula is C24H26ClNO3. The van der Waals surface area contributed by atoms with E-state index in [9.17, 15) is 5.11 Å². The van der Waals surface area contributed by atoms with Crippen molar-refractivity contribution in [2.24, 2.45) is 5.73 Å². The van der Waals surface area contributed by atoms with Crippen molar-refractivity contribution in [3.8, 4) is 17.2 Å². The zero-order valence-corrected chi connectivity index (χ0v) is 17.0. The molecule has 0 aromatic heterocycles. The summed E-state index contributed by atoms with van der Waals surface area (Å²) in [7, 11) is 0. The molecule has 4 nitrogen and oxygen atoms in total. The molecule has 0 bridgehead atoms. The predicted molar refractivity (Wildman–Crippen MR) is 117 cm³/mol. The van der Waals surface area contributed by atoms with Crippen LogP contribution in [0, 0.1) is 0 Å². The minimum Gasteiger partial charge on any atom is -0.489 e. The molecule has 0 spiro atoms. The van der Waals surface area contributed by atoms with Crippen LogP contribution in [0.2, 0.25) is 0 Å². The molecule has 1 unspecified atom stereocenters. The zero-order chi connectivity index (χ0) is 19.4. The average molecular weight is 412 g/mol. The van der Waals surface area contributed by atoms with Gasteiger partial charge in [-0.2, -0.15) is 0 Å². The van der Waals surface area contributed by atoms with Crippen LogP contribution in [-0.2, 0) is 19.4 Å². The van der Waals surface area contributed by atoms with E-state index in [1.807, 2.05) is 66.7 Å². The topological polar surface area (TPSA) is 64.7 Å². The molecule has 3 aromatic carbocycles. The number of halogens is 1. The number of hydrogen-bond acceptors (Lipinski definition) is 4. The molecule has 3 N–H and O–H groups in total. The molecule has 0 amide bonds. The first-order valence-electron chi connectivity index (χ1n) is 9.60. The maximum absolute atomic E-state index is 9.55. The quantitative estimate of drug-likeness (QED) is 0.619. The minimum atomic E-state index is -0.524. The number of benzene rings is 3. The number of aliphatic hydroxyl groups is 1. The molecule has 4 rings (SSSR count). The van der Waals surface area contributed by atoms with Crippen molar-refractivity contribution in [2.75, 3.05) is 6.61 Å². The molecule has 0 heterocycles. The van der Waals surface area contributed by atoms with Gasteiger partial charge in [-0.05, 0) is 72.4 Å². The number of hydrogen-bond donors (Lipinski definition) is 2. The lowest BCUT2D eigenvalue weighted by molar-refractivity contribution is 0.181. The molecule has 0 aliphatic heterocycles. The first-order valence-corrected chi connectivity index (χ1v) is 9.60. The first kappa shape index (κ1) is 21.2. The van der Waals surface area contributed by atoms with E-state index in [1.54, 1.807) is 0 Å². The smallest absolute Gasteiger partial charge is 0.127 e. The van der Waals surface area contributed by atoms with Crippen molar-refractivity contribution in [1.82, 2.24) is 0 Å². The number of fused-ring (bicyclic) bond motifs is 1. The highest BCUT2D eigenvalue weighted by Crippen LogP contribution is 2.32. The number of ether oxygens (including phenoxy) is 2. The monoisotopic (exact) mass is 411 g/mol. The fourth-order valence-electron chi connectivity index (χ4n) is 3.54. The number of aryl methyl sites for hydroxylation is 1. The molecule has 0 radical (unpaired) electrons. The van der Waals surface area contributed by atoms with E-state index in [0.29, 0.717) is 13.0 Å². The summed E-state index contributed by atoms with van der Waals surface area (Å²) in [4.78, 5) is 0. The van der Waals surface area contributed by atoms with Crippen LogP contribution in [0.15, 0.2) is 72.8 Å². The summed E-state index contributed by atoms with van der Waals surface area (Å²) in [6.45, 7) is 0.541. The van der Waals surface area contributed by atoms with Crippen LogP contribution >= 0.6 is 12.4 Å². The van der Waals surface area contributed by atoms with Crippen LogP contribution in [0.4, 0.5) is 0 Å². The lowest BCUT2D eigenvalue weighted by atomic mass is 9.79. The fourth-order valence-corrected chi connectivity index (χ4v) is 3.54. The highest BCUT2D eigenvalue weighted by molar-refractivity contribution is 5.85. The molecule has 0 fully saturated rings. The standard InChI is InChI=1S/C24H25NO3.ClH/c25-24(17-26)13-12-19-6-7-23(14-20(19)15-24)28-22-10-8-21(9-11-22)27-16-18-4-2-1-3-5-18;/h1-11,14,26H,12-13,15-17,25H2;1H. The van der Waals surface area contributed by atoms with Crippen molar-refractivity contribution in [1.29, 1.82) is 0 Å². The van der Waals surface area contributed by atoms with E-state index >= 15 is 0 Å². The van der Waals surface area contributed by atoms with E-state index in [1.165, 1.54) is 5.56 Å². The summed E-state index contributed by atoms with van der Waals surface area (Å²) in [5.41, 5.74) is 9.31. The highest BCUT2D eigenvalue weighted by Gasteiger charge is 2.29. The number of rotatable bonds is 6. The van der Waals surface area contributed by atoms with Crippen molar-refractivity contribution < 1.29 is 14.6 Å². The molecule has 3 aromatic rings. The normalized spacial score (nSPS) is 17.7. The van der Waals surface area contributed by atoms with Crippen molar-refractivity contribution in [2.45, 2.75) is 31.4 Å². The zero-order valence-electron chi connectivity index (χ0n) is 16.2. The van der Waals surface area contributed by atoms with Gasteiger partial charge in [0, 0.05) is 5.54 Å². The molecule has 152 valence electrons. The largest absolute Gasteiger partial charge is 0.489 e. The van der Waals surface area contributed by atoms with E-state index in [4.69, 9.17) is 15.2 Å². The van der Waals surface area contributed by atoms with Gasteiger partial charge < -0.3 is 20.3 Å². The van der Waals surface area contributed by atoms with Crippen molar-refractivity contribution in [3.05, 3.63) is 89.5 Å². The third-order valence-electron chi connectivity index (χ3n) is 5.24. The van der Waals surface area contributed by atoms with Gasteiger partial charge in [0.2, 0.25) is 0 Å². The maximum atomic E-state index is 9.55. The van der Waals surface area contributed by atoms with Gasteiger partial charge in [0.1, 0.15) is 23.9 Å². The second-order valence-electron chi connectivity index (χ2n) is 7.48. The molecule has 0 saturated carbocycles. The second-order valence-corrected chi connectivity index (χ2v) is 7.48. The summed E-state index contributed by atoms with van der Waals surface area (Å²) >= 11 is 0. The van der Waals surface area contributed by atoms with Crippen LogP contribution in [-0.4, -0.2) is 17.3 Å². The SMILES string of the molecule is Cl.NC1(CO)CCc2ccc(Oc3ccc(OCc4ccccc4)cc3)cc2C1. The van der Waals surface area contributed by atoms with E-state index in [-0.39, 0.29) is 19.0 Å². The van der Waals surface area contributed by atoms with Crippen LogP contribution in [0.25, 0.3) is 0 Å². The third kappa shape index (κ3) is 5.30. The van der Waals surface area contributed by atoms with Gasteiger partial charge in [0.05, 0.1) is 6.61 Å². The van der Waals surface area contributed by atoms with Gasteiger partial charge in [-0.3, -0.25) is 0 Å². The summed E-state index contributed by atoms with van der Waals surface area (Å²) in [6.07, 6.45) is 2.36. The average Bonchev–Trinajstić information content (AvgIpc) is 2.74. The Kier molecular flexibility index (Phi) is 6.80. The highest BCUT2D eigenvalue weighted by atomic mass is 35.5. The first-order chi connectivity index (χ1) is 13.6. The van der Waals surface area contributed by atoms with E-state index in [2.05, 4.69) is 6.07 Å². The van der Waals surface area contributed by atoms with E-state index < -0.39 is 5.54 Å². The Morgan fingerprint density at radius 1 is 0.862 bits per heavy atom. The van der Waals surface area contributed by atoms with Crippen LogP contribution in [0.3, 0.4) is 0 Å². The van der Waals surface area contributed by atoms with Gasteiger partial charge in [0.15, 0.2) is 0 Å². The van der Waals surface area contributed by atoms with Crippen LogP contribution in [0.1, 0.15) is 23.1 Å². The van der Waals surface area contributed by atoms with Crippen molar-refractivity contribution in [3.63, 3.8) is 0 Å². The Balaban J connectivity index is 0.00000240. The van der Waals surface area contributed by atoms with Gasteiger partial charge in [-0.15, -0.1) is 12.4 Å². The lowest BCUT2D eigenvalue weighted by Crippen LogP contribution is -2.48.